The molecule has 1 heterocycles. The lowest BCUT2D eigenvalue weighted by atomic mass is 9.79. The number of hydrogen-bond acceptors (Lipinski definition) is 2. The van der Waals surface area contributed by atoms with Gasteiger partial charge < -0.3 is 4.90 Å². The highest BCUT2D eigenvalue weighted by molar-refractivity contribution is 5.90. The second-order valence-electron chi connectivity index (χ2n) is 6.55. The van der Waals surface area contributed by atoms with E-state index in [0.717, 1.165) is 37.9 Å². The van der Waals surface area contributed by atoms with Gasteiger partial charge >= 0.3 is 0 Å². The van der Waals surface area contributed by atoms with Gasteiger partial charge in [-0.05, 0) is 50.3 Å². The maximum absolute atomic E-state index is 12.7. The number of carbonyl (C=O) groups is 1. The molecule has 3 rings (SSSR count). The van der Waals surface area contributed by atoms with Gasteiger partial charge in [-0.1, -0.05) is 60.7 Å². The second-order valence-corrected chi connectivity index (χ2v) is 6.55. The third-order valence-corrected chi connectivity index (χ3v) is 5.03. The van der Waals surface area contributed by atoms with Gasteiger partial charge in [0, 0.05) is 12.2 Å². The Morgan fingerprint density at radius 3 is 2.38 bits per heavy atom. The number of nitrogens with zero attached hydrogens (tertiary/aromatic N) is 1. The maximum atomic E-state index is 12.7. The van der Waals surface area contributed by atoms with Gasteiger partial charge in [-0.2, -0.15) is 0 Å². The first-order valence-corrected chi connectivity index (χ1v) is 8.78. The zero-order valence-electron chi connectivity index (χ0n) is 14.3. The van der Waals surface area contributed by atoms with Gasteiger partial charge in [0.1, 0.15) is 5.54 Å². The summed E-state index contributed by atoms with van der Waals surface area (Å²) in [5.74, 6) is 0.267. The lowest BCUT2D eigenvalue weighted by molar-refractivity contribution is -0.122. The molecule has 2 aromatic carbocycles. The molecule has 1 fully saturated rings. The topological polar surface area (TPSA) is 20.3 Å². The summed E-state index contributed by atoms with van der Waals surface area (Å²) >= 11 is 0. The minimum Gasteiger partial charge on any atom is -0.358 e. The van der Waals surface area contributed by atoms with E-state index in [1.165, 1.54) is 5.56 Å². The molecule has 0 saturated carbocycles. The molecule has 2 heteroatoms. The molecular weight excluding hydrogens is 294 g/mol. The smallest absolute Gasteiger partial charge is 0.155 e. The minimum absolute atomic E-state index is 0.267. The lowest BCUT2D eigenvalue weighted by Crippen LogP contribution is -2.56. The van der Waals surface area contributed by atoms with Crippen molar-refractivity contribution in [3.63, 3.8) is 0 Å². The van der Waals surface area contributed by atoms with Crippen LogP contribution in [0, 0.1) is 0 Å². The molecular formula is C22H25NO. The highest BCUT2D eigenvalue weighted by atomic mass is 16.1. The van der Waals surface area contributed by atoms with Crippen molar-refractivity contribution in [1.82, 2.24) is 0 Å². The third kappa shape index (κ3) is 3.43. The molecule has 0 spiro atoms. The van der Waals surface area contributed by atoms with Gasteiger partial charge in [-0.25, -0.2) is 0 Å². The molecule has 0 aliphatic carbocycles. The SMILES string of the molecule is CC(=O)C1(CC=Cc2ccccc2)CCCCN1c1ccccc1. The Bertz CT molecular complexity index is 692. The normalized spacial score (nSPS) is 21.1. The summed E-state index contributed by atoms with van der Waals surface area (Å²) in [6.07, 6.45) is 8.23. The van der Waals surface area contributed by atoms with Crippen LogP contribution in [-0.2, 0) is 4.79 Å². The molecule has 0 aromatic heterocycles. The molecule has 0 bridgehead atoms. The summed E-state index contributed by atoms with van der Waals surface area (Å²) < 4.78 is 0. The fourth-order valence-electron chi connectivity index (χ4n) is 3.70. The van der Waals surface area contributed by atoms with Crippen molar-refractivity contribution in [2.45, 2.75) is 38.1 Å². The molecule has 124 valence electrons. The first-order chi connectivity index (χ1) is 11.7. The molecule has 24 heavy (non-hydrogen) atoms. The summed E-state index contributed by atoms with van der Waals surface area (Å²) in [5.41, 5.74) is 1.92. The molecule has 0 radical (unpaired) electrons. The molecule has 1 atom stereocenters. The fraction of sp³-hybridized carbons (Fsp3) is 0.318. The van der Waals surface area contributed by atoms with E-state index in [4.69, 9.17) is 0 Å². The predicted octanol–water partition coefficient (Wildman–Crippen LogP) is 5.11. The van der Waals surface area contributed by atoms with Crippen molar-refractivity contribution in [2.24, 2.45) is 0 Å². The number of ketones is 1. The Hall–Kier alpha value is -2.35. The van der Waals surface area contributed by atoms with E-state index in [-0.39, 0.29) is 5.78 Å². The first kappa shape index (κ1) is 16.5. The summed E-state index contributed by atoms with van der Waals surface area (Å²) in [4.78, 5) is 15.0. The first-order valence-electron chi connectivity index (χ1n) is 8.78. The van der Waals surface area contributed by atoms with E-state index in [9.17, 15) is 4.79 Å². The molecule has 0 amide bonds. The van der Waals surface area contributed by atoms with Crippen LogP contribution in [0.3, 0.4) is 0 Å². The molecule has 2 aromatic rings. The van der Waals surface area contributed by atoms with E-state index in [1.807, 2.05) is 24.3 Å². The van der Waals surface area contributed by atoms with Crippen molar-refractivity contribution in [3.05, 3.63) is 72.3 Å². The van der Waals surface area contributed by atoms with Crippen molar-refractivity contribution in [2.75, 3.05) is 11.4 Å². The molecule has 1 aliphatic heterocycles. The summed E-state index contributed by atoms with van der Waals surface area (Å²) in [6, 6.07) is 20.6. The molecule has 1 saturated heterocycles. The summed E-state index contributed by atoms with van der Waals surface area (Å²) in [5, 5.41) is 0. The van der Waals surface area contributed by atoms with Gasteiger partial charge in [0.25, 0.3) is 0 Å². The van der Waals surface area contributed by atoms with Gasteiger partial charge in [0.2, 0.25) is 0 Å². The fourth-order valence-corrected chi connectivity index (χ4v) is 3.70. The van der Waals surface area contributed by atoms with Crippen LogP contribution in [0.25, 0.3) is 6.08 Å². The molecule has 1 aliphatic rings. The van der Waals surface area contributed by atoms with E-state index in [2.05, 4.69) is 53.5 Å². The number of carbonyl (C=O) groups excluding carboxylic acids is 1. The van der Waals surface area contributed by atoms with Gasteiger partial charge in [0.05, 0.1) is 0 Å². The zero-order chi connectivity index (χ0) is 16.8. The standard InChI is InChI=1S/C22H25NO/c1-19(24)22(17-10-13-20-11-4-2-5-12-20)16-8-9-18-23(22)21-14-6-3-7-15-21/h2-7,10-15H,8-9,16-18H2,1H3. The van der Waals surface area contributed by atoms with Crippen LogP contribution in [0.5, 0.6) is 0 Å². The largest absolute Gasteiger partial charge is 0.358 e. The number of benzene rings is 2. The average molecular weight is 319 g/mol. The summed E-state index contributed by atoms with van der Waals surface area (Å²) in [7, 11) is 0. The van der Waals surface area contributed by atoms with Crippen molar-refractivity contribution in [1.29, 1.82) is 0 Å². The van der Waals surface area contributed by atoms with Crippen molar-refractivity contribution in [3.8, 4) is 0 Å². The Kier molecular flexibility index (Phi) is 5.14. The number of para-hydroxylation sites is 1. The lowest BCUT2D eigenvalue weighted by Gasteiger charge is -2.47. The average Bonchev–Trinajstić information content (AvgIpc) is 2.63. The Labute approximate surface area is 144 Å². The third-order valence-electron chi connectivity index (χ3n) is 5.03. The van der Waals surface area contributed by atoms with E-state index < -0.39 is 5.54 Å². The van der Waals surface area contributed by atoms with Crippen LogP contribution in [-0.4, -0.2) is 17.9 Å². The molecule has 2 nitrogen and oxygen atoms in total. The van der Waals surface area contributed by atoms with E-state index >= 15 is 0 Å². The highest BCUT2D eigenvalue weighted by Gasteiger charge is 2.42. The van der Waals surface area contributed by atoms with E-state index in [0.29, 0.717) is 0 Å². The highest BCUT2D eigenvalue weighted by Crippen LogP contribution is 2.36. The molecule has 0 N–H and O–H groups in total. The Morgan fingerprint density at radius 1 is 1.04 bits per heavy atom. The minimum atomic E-state index is -0.412. The van der Waals surface area contributed by atoms with E-state index in [1.54, 1.807) is 6.92 Å². The summed E-state index contributed by atoms with van der Waals surface area (Å²) in [6.45, 7) is 2.69. The van der Waals surface area contributed by atoms with Gasteiger partial charge in [-0.15, -0.1) is 0 Å². The number of rotatable bonds is 5. The van der Waals surface area contributed by atoms with Crippen LogP contribution in [0.4, 0.5) is 5.69 Å². The van der Waals surface area contributed by atoms with Gasteiger partial charge in [0.15, 0.2) is 5.78 Å². The predicted molar refractivity (Wildman–Crippen MR) is 101 cm³/mol. The Balaban J connectivity index is 1.87. The van der Waals surface area contributed by atoms with Crippen molar-refractivity contribution < 1.29 is 4.79 Å². The molecule has 1 unspecified atom stereocenters. The number of Topliss-reactive ketones (excluding diaryl/α,β-unsaturated/α-hetero) is 1. The van der Waals surface area contributed by atoms with Crippen LogP contribution < -0.4 is 4.90 Å². The van der Waals surface area contributed by atoms with Crippen LogP contribution in [0.1, 0.15) is 38.2 Å². The number of hydrogen-bond donors (Lipinski definition) is 0. The monoisotopic (exact) mass is 319 g/mol. The number of anilines is 1. The maximum Gasteiger partial charge on any atom is 0.155 e. The van der Waals surface area contributed by atoms with Gasteiger partial charge in [-0.3, -0.25) is 4.79 Å². The Morgan fingerprint density at radius 2 is 1.71 bits per heavy atom. The second kappa shape index (κ2) is 7.48. The quantitative estimate of drug-likeness (QED) is 0.763. The van der Waals surface area contributed by atoms with Crippen LogP contribution in [0.15, 0.2) is 66.7 Å². The zero-order valence-corrected chi connectivity index (χ0v) is 14.3. The van der Waals surface area contributed by atoms with Crippen molar-refractivity contribution >= 4 is 17.5 Å². The van der Waals surface area contributed by atoms with Crippen LogP contribution in [0.2, 0.25) is 0 Å². The number of piperidine rings is 1. The van der Waals surface area contributed by atoms with Crippen LogP contribution >= 0.6 is 0 Å².